The fourth-order valence-corrected chi connectivity index (χ4v) is 5.55. The minimum atomic E-state index is -0.0414. The standard InChI is InChI=1S/C28H34N6O3/c35-28(31-22-1-3-23(4-2-22)32-11-15-36-16-12-32)34-9-7-21(8-10-34)27-25-6-5-24(19-26(25)29-20-30-27)33-13-17-37-18-14-33/h1-6,19-21H,7-18H2,(H,31,35). The second-order valence-electron chi connectivity index (χ2n) is 9.90. The van der Waals surface area contributed by atoms with Crippen molar-refractivity contribution in [1.29, 1.82) is 0 Å². The van der Waals surface area contributed by atoms with Crippen molar-refractivity contribution in [3.05, 3.63) is 54.5 Å². The zero-order chi connectivity index (χ0) is 25.0. The second-order valence-corrected chi connectivity index (χ2v) is 9.90. The van der Waals surface area contributed by atoms with Crippen LogP contribution in [0, 0.1) is 0 Å². The van der Waals surface area contributed by atoms with Crippen molar-refractivity contribution >= 4 is 34.0 Å². The molecule has 194 valence electrons. The van der Waals surface area contributed by atoms with Gasteiger partial charge in [0.2, 0.25) is 0 Å². The van der Waals surface area contributed by atoms with Crippen LogP contribution in [-0.4, -0.2) is 86.6 Å². The number of morpholine rings is 2. The molecule has 9 heteroatoms. The van der Waals surface area contributed by atoms with Gasteiger partial charge in [0.1, 0.15) is 6.33 Å². The number of rotatable bonds is 4. The normalized spacial score (nSPS) is 19.3. The number of urea groups is 1. The second kappa shape index (κ2) is 10.9. The summed E-state index contributed by atoms with van der Waals surface area (Å²) in [6.07, 6.45) is 3.46. The third kappa shape index (κ3) is 5.33. The largest absolute Gasteiger partial charge is 0.378 e. The van der Waals surface area contributed by atoms with Gasteiger partial charge in [0.25, 0.3) is 0 Å². The lowest BCUT2D eigenvalue weighted by atomic mass is 9.91. The summed E-state index contributed by atoms with van der Waals surface area (Å²) in [5.74, 6) is 0.316. The van der Waals surface area contributed by atoms with Crippen LogP contribution in [0.3, 0.4) is 0 Å². The summed E-state index contributed by atoms with van der Waals surface area (Å²) >= 11 is 0. The number of aromatic nitrogens is 2. The molecule has 1 N–H and O–H groups in total. The molecule has 0 unspecified atom stereocenters. The number of anilines is 3. The molecule has 3 aliphatic heterocycles. The molecule has 0 bridgehead atoms. The van der Waals surface area contributed by atoms with Crippen molar-refractivity contribution in [3.63, 3.8) is 0 Å². The summed E-state index contributed by atoms with van der Waals surface area (Å²) in [7, 11) is 0. The van der Waals surface area contributed by atoms with E-state index in [4.69, 9.17) is 9.47 Å². The van der Waals surface area contributed by atoms with Crippen LogP contribution in [-0.2, 0) is 9.47 Å². The van der Waals surface area contributed by atoms with E-state index >= 15 is 0 Å². The summed E-state index contributed by atoms with van der Waals surface area (Å²) < 4.78 is 10.9. The Kier molecular flexibility index (Phi) is 7.05. The Balaban J connectivity index is 1.07. The molecule has 3 aliphatic rings. The van der Waals surface area contributed by atoms with Crippen LogP contribution in [0.1, 0.15) is 24.5 Å². The number of nitrogens with one attached hydrogen (secondary N) is 1. The molecular formula is C28H34N6O3. The van der Waals surface area contributed by atoms with E-state index in [1.165, 1.54) is 5.69 Å². The number of fused-ring (bicyclic) bond motifs is 1. The molecule has 0 atom stereocenters. The third-order valence-electron chi connectivity index (χ3n) is 7.69. The van der Waals surface area contributed by atoms with Crippen LogP contribution in [0.2, 0.25) is 0 Å². The lowest BCUT2D eigenvalue weighted by Crippen LogP contribution is -2.40. The van der Waals surface area contributed by atoms with E-state index in [0.29, 0.717) is 19.0 Å². The number of benzene rings is 2. The van der Waals surface area contributed by atoms with Crippen LogP contribution in [0.15, 0.2) is 48.8 Å². The fourth-order valence-electron chi connectivity index (χ4n) is 5.55. The maximum Gasteiger partial charge on any atom is 0.321 e. The van der Waals surface area contributed by atoms with Crippen molar-refractivity contribution in [2.45, 2.75) is 18.8 Å². The number of carbonyl (C=O) groups is 1. The molecule has 2 aromatic carbocycles. The van der Waals surface area contributed by atoms with Crippen molar-refractivity contribution in [2.24, 2.45) is 0 Å². The molecule has 9 nitrogen and oxygen atoms in total. The zero-order valence-corrected chi connectivity index (χ0v) is 21.1. The number of nitrogens with zero attached hydrogens (tertiary/aromatic N) is 5. The average Bonchev–Trinajstić information content (AvgIpc) is 2.98. The number of carbonyl (C=O) groups excluding carboxylic acids is 1. The highest BCUT2D eigenvalue weighted by atomic mass is 16.5. The lowest BCUT2D eigenvalue weighted by molar-refractivity contribution is 0.122. The highest BCUT2D eigenvalue weighted by Gasteiger charge is 2.26. The number of amides is 2. The Labute approximate surface area is 217 Å². The first-order chi connectivity index (χ1) is 18.2. The maximum absolute atomic E-state index is 12.9. The van der Waals surface area contributed by atoms with E-state index < -0.39 is 0 Å². The number of piperidine rings is 1. The molecule has 3 aromatic rings. The van der Waals surface area contributed by atoms with Gasteiger partial charge in [-0.3, -0.25) is 0 Å². The molecule has 0 aliphatic carbocycles. The molecule has 2 amide bonds. The van der Waals surface area contributed by atoms with Gasteiger partial charge in [0.15, 0.2) is 0 Å². The van der Waals surface area contributed by atoms with Crippen molar-refractivity contribution in [1.82, 2.24) is 14.9 Å². The van der Waals surface area contributed by atoms with Gasteiger partial charge in [-0.05, 0) is 55.3 Å². The van der Waals surface area contributed by atoms with Gasteiger partial charge in [-0.25, -0.2) is 14.8 Å². The molecule has 37 heavy (non-hydrogen) atoms. The number of hydrogen-bond acceptors (Lipinski definition) is 7. The minimum absolute atomic E-state index is 0.0414. The van der Waals surface area contributed by atoms with Crippen molar-refractivity contribution in [3.8, 4) is 0 Å². The predicted molar refractivity (Wildman–Crippen MR) is 145 cm³/mol. The molecule has 3 saturated heterocycles. The van der Waals surface area contributed by atoms with Crippen molar-refractivity contribution < 1.29 is 14.3 Å². The van der Waals surface area contributed by atoms with Gasteiger partial charge in [0.05, 0.1) is 37.6 Å². The van der Waals surface area contributed by atoms with Crippen LogP contribution in [0.5, 0.6) is 0 Å². The molecule has 6 rings (SSSR count). The maximum atomic E-state index is 12.9. The monoisotopic (exact) mass is 502 g/mol. The average molecular weight is 503 g/mol. The van der Waals surface area contributed by atoms with Crippen LogP contribution in [0.25, 0.3) is 10.9 Å². The smallest absolute Gasteiger partial charge is 0.321 e. The predicted octanol–water partition coefficient (Wildman–Crippen LogP) is 3.71. The Morgan fingerprint density at radius 1 is 0.784 bits per heavy atom. The minimum Gasteiger partial charge on any atom is -0.378 e. The summed E-state index contributed by atoms with van der Waals surface area (Å²) in [5, 5.41) is 4.18. The van der Waals surface area contributed by atoms with E-state index in [1.54, 1.807) is 6.33 Å². The number of ether oxygens (including phenoxy) is 2. The Morgan fingerprint density at radius 2 is 1.41 bits per heavy atom. The first kappa shape index (κ1) is 23.9. The highest BCUT2D eigenvalue weighted by Crippen LogP contribution is 2.33. The molecular weight excluding hydrogens is 468 g/mol. The molecule has 1 aromatic heterocycles. The van der Waals surface area contributed by atoms with Gasteiger partial charge in [0, 0.05) is 67.6 Å². The summed E-state index contributed by atoms with van der Waals surface area (Å²) in [4.78, 5) is 28.8. The fraction of sp³-hybridized carbons (Fsp3) is 0.464. The van der Waals surface area contributed by atoms with E-state index in [1.807, 2.05) is 17.0 Å². The first-order valence-electron chi connectivity index (χ1n) is 13.3. The van der Waals surface area contributed by atoms with E-state index in [0.717, 1.165) is 93.4 Å². The van der Waals surface area contributed by atoms with E-state index in [9.17, 15) is 4.79 Å². The number of hydrogen-bond donors (Lipinski definition) is 1. The number of likely N-dealkylation sites (tertiary alicyclic amines) is 1. The van der Waals surface area contributed by atoms with Gasteiger partial charge >= 0.3 is 6.03 Å². The van der Waals surface area contributed by atoms with Crippen LogP contribution in [0.4, 0.5) is 21.9 Å². The van der Waals surface area contributed by atoms with Crippen LogP contribution < -0.4 is 15.1 Å². The topological polar surface area (TPSA) is 83.1 Å². The van der Waals surface area contributed by atoms with Crippen molar-refractivity contribution in [2.75, 3.05) is 80.8 Å². The molecule has 0 spiro atoms. The summed E-state index contributed by atoms with van der Waals surface area (Å²) in [6.45, 7) is 8.07. The molecule has 0 saturated carbocycles. The third-order valence-corrected chi connectivity index (χ3v) is 7.69. The molecule has 3 fully saturated rings. The molecule has 0 radical (unpaired) electrons. The van der Waals surface area contributed by atoms with Gasteiger partial charge in [-0.2, -0.15) is 0 Å². The van der Waals surface area contributed by atoms with E-state index in [-0.39, 0.29) is 6.03 Å². The summed E-state index contributed by atoms with van der Waals surface area (Å²) in [6, 6.07) is 14.6. The zero-order valence-electron chi connectivity index (χ0n) is 21.1. The Hall–Kier alpha value is -3.43. The Morgan fingerprint density at radius 3 is 2.08 bits per heavy atom. The SMILES string of the molecule is O=C(Nc1ccc(N2CCOCC2)cc1)N1CCC(c2ncnc3cc(N4CCOCC4)ccc23)CC1. The first-order valence-corrected chi connectivity index (χ1v) is 13.3. The lowest BCUT2D eigenvalue weighted by Gasteiger charge is -2.32. The Bertz CT molecular complexity index is 1220. The van der Waals surface area contributed by atoms with Gasteiger partial charge < -0.3 is 29.5 Å². The van der Waals surface area contributed by atoms with Crippen LogP contribution >= 0.6 is 0 Å². The summed E-state index contributed by atoms with van der Waals surface area (Å²) in [5.41, 5.74) is 5.25. The quantitative estimate of drug-likeness (QED) is 0.582. The van der Waals surface area contributed by atoms with Gasteiger partial charge in [-0.15, -0.1) is 0 Å². The highest BCUT2D eigenvalue weighted by molar-refractivity contribution is 5.89. The molecule has 4 heterocycles. The van der Waals surface area contributed by atoms with Gasteiger partial charge in [-0.1, -0.05) is 0 Å². The van der Waals surface area contributed by atoms with E-state index in [2.05, 4.69) is 55.4 Å².